The van der Waals surface area contributed by atoms with Crippen LogP contribution >= 0.6 is 0 Å². The van der Waals surface area contributed by atoms with Crippen LogP contribution in [0.5, 0.6) is 0 Å². The van der Waals surface area contributed by atoms with Gasteiger partial charge in [-0.15, -0.1) is 0 Å². The molecule has 1 atom stereocenters. The van der Waals surface area contributed by atoms with Gasteiger partial charge in [-0.3, -0.25) is 4.79 Å². The Labute approximate surface area is 162 Å². The highest BCUT2D eigenvalue weighted by Crippen LogP contribution is 2.19. The molecule has 1 N–H and O–H groups in total. The molecule has 0 aromatic carbocycles. The van der Waals surface area contributed by atoms with Gasteiger partial charge >= 0.3 is 0 Å². The van der Waals surface area contributed by atoms with Crippen molar-refractivity contribution < 1.29 is 9.90 Å². The van der Waals surface area contributed by atoms with Gasteiger partial charge in [-0.05, 0) is 44.9 Å². The fraction of sp³-hybridized carbons (Fsp3) is 0.870. The number of carbonyl (C=O) groups is 1. The molecule has 0 saturated carbocycles. The van der Waals surface area contributed by atoms with Gasteiger partial charge in [0.05, 0.1) is 12.6 Å². The van der Waals surface area contributed by atoms with Crippen molar-refractivity contribution in [2.75, 3.05) is 13.2 Å². The Morgan fingerprint density at radius 3 is 2.12 bits per heavy atom. The molecule has 152 valence electrons. The number of amides is 1. The summed E-state index contributed by atoms with van der Waals surface area (Å²) in [5.74, 6) is 0.249. The minimum atomic E-state index is 0.0885. The first-order valence-corrected chi connectivity index (χ1v) is 11.3. The van der Waals surface area contributed by atoms with Crippen molar-refractivity contribution in [3.63, 3.8) is 0 Å². The van der Waals surface area contributed by atoms with E-state index >= 15 is 0 Å². The maximum atomic E-state index is 12.2. The fourth-order valence-corrected chi connectivity index (χ4v) is 3.84. The van der Waals surface area contributed by atoms with Crippen LogP contribution in [0, 0.1) is 0 Å². The Hall–Kier alpha value is -0.830. The highest BCUT2D eigenvalue weighted by Gasteiger charge is 2.27. The summed E-state index contributed by atoms with van der Waals surface area (Å²) >= 11 is 0. The van der Waals surface area contributed by atoms with Gasteiger partial charge in [0.15, 0.2) is 0 Å². The van der Waals surface area contributed by atoms with Gasteiger partial charge in [-0.1, -0.05) is 70.4 Å². The lowest BCUT2D eigenvalue weighted by molar-refractivity contribution is -0.132. The van der Waals surface area contributed by atoms with Crippen LogP contribution in [-0.4, -0.2) is 35.1 Å². The molecule has 0 spiro atoms. The van der Waals surface area contributed by atoms with E-state index in [1.165, 1.54) is 70.6 Å². The Kier molecular flexibility index (Phi) is 14.6. The van der Waals surface area contributed by atoms with Gasteiger partial charge in [-0.2, -0.15) is 0 Å². The first-order valence-electron chi connectivity index (χ1n) is 11.3. The second-order valence-corrected chi connectivity index (χ2v) is 7.90. The molecule has 1 amide bonds. The third-order valence-corrected chi connectivity index (χ3v) is 5.56. The molecule has 1 unspecified atom stereocenters. The molecule has 0 radical (unpaired) electrons. The first-order chi connectivity index (χ1) is 12.8. The second kappa shape index (κ2) is 16.4. The number of allylic oxidation sites excluding steroid dienone is 2. The maximum absolute atomic E-state index is 12.2. The lowest BCUT2D eigenvalue weighted by atomic mass is 10.1. The molecule has 0 aromatic heterocycles. The zero-order chi connectivity index (χ0) is 18.9. The molecule has 0 aliphatic carbocycles. The Bertz CT molecular complexity index is 367. The van der Waals surface area contributed by atoms with E-state index in [4.69, 9.17) is 0 Å². The quantitative estimate of drug-likeness (QED) is 0.269. The van der Waals surface area contributed by atoms with Crippen LogP contribution < -0.4 is 0 Å². The van der Waals surface area contributed by atoms with Crippen molar-refractivity contribution in [3.8, 4) is 0 Å². The van der Waals surface area contributed by atoms with Crippen molar-refractivity contribution in [1.29, 1.82) is 0 Å². The van der Waals surface area contributed by atoms with Gasteiger partial charge in [0.1, 0.15) is 0 Å². The molecule has 26 heavy (non-hydrogen) atoms. The van der Waals surface area contributed by atoms with Crippen LogP contribution in [0.15, 0.2) is 12.2 Å². The molecule has 1 fully saturated rings. The van der Waals surface area contributed by atoms with Gasteiger partial charge in [-0.25, -0.2) is 0 Å². The summed E-state index contributed by atoms with van der Waals surface area (Å²) in [6.07, 6.45) is 24.1. The minimum absolute atomic E-state index is 0.0885. The Balaban J connectivity index is 1.84. The van der Waals surface area contributed by atoms with Gasteiger partial charge in [0.2, 0.25) is 5.91 Å². The van der Waals surface area contributed by atoms with E-state index in [1.54, 1.807) is 0 Å². The molecule has 3 heteroatoms. The van der Waals surface area contributed by atoms with Crippen LogP contribution in [0.25, 0.3) is 0 Å². The number of hydrogen-bond acceptors (Lipinski definition) is 2. The number of aliphatic hydroxyl groups is 1. The van der Waals surface area contributed by atoms with E-state index in [0.717, 1.165) is 32.2 Å². The van der Waals surface area contributed by atoms with Crippen molar-refractivity contribution in [2.45, 2.75) is 116 Å². The second-order valence-electron chi connectivity index (χ2n) is 7.90. The number of unbranched alkanes of at least 4 members (excludes halogenated alkanes) is 11. The van der Waals surface area contributed by atoms with Crippen LogP contribution in [-0.2, 0) is 4.79 Å². The molecule has 0 aromatic rings. The monoisotopic (exact) mass is 365 g/mol. The predicted octanol–water partition coefficient (Wildman–Crippen LogP) is 6.01. The third-order valence-electron chi connectivity index (χ3n) is 5.56. The first kappa shape index (κ1) is 23.2. The summed E-state index contributed by atoms with van der Waals surface area (Å²) in [5.41, 5.74) is 0. The molecule has 1 aliphatic heterocycles. The number of nitrogens with zero attached hydrogens (tertiary/aromatic N) is 1. The Morgan fingerprint density at radius 2 is 1.50 bits per heavy atom. The molecular weight excluding hydrogens is 322 g/mol. The zero-order valence-electron chi connectivity index (χ0n) is 17.3. The highest BCUT2D eigenvalue weighted by molar-refractivity contribution is 5.76. The normalized spacial score (nSPS) is 17.5. The van der Waals surface area contributed by atoms with Crippen molar-refractivity contribution >= 4 is 5.91 Å². The van der Waals surface area contributed by atoms with E-state index in [2.05, 4.69) is 19.1 Å². The molecule has 1 rings (SSSR count). The third kappa shape index (κ3) is 11.0. The van der Waals surface area contributed by atoms with E-state index in [-0.39, 0.29) is 18.6 Å². The van der Waals surface area contributed by atoms with Crippen molar-refractivity contribution in [2.24, 2.45) is 0 Å². The van der Waals surface area contributed by atoms with Gasteiger partial charge in [0, 0.05) is 13.0 Å². The summed E-state index contributed by atoms with van der Waals surface area (Å²) in [6, 6.07) is 0.0885. The SMILES string of the molecule is CCCCCCCC/C=C\CCCCCCCC(=O)N1CCCC1CO. The summed E-state index contributed by atoms with van der Waals surface area (Å²) in [5, 5.41) is 9.29. The molecule has 3 nitrogen and oxygen atoms in total. The number of hydrogen-bond donors (Lipinski definition) is 1. The largest absolute Gasteiger partial charge is 0.394 e. The standard InChI is InChI=1S/C23H43NO2/c1-2-3-4-5-6-7-8-9-10-11-12-13-14-15-16-19-23(26)24-20-17-18-22(24)21-25/h9-10,22,25H,2-8,11-21H2,1H3/b10-9-. The molecule has 0 bridgehead atoms. The van der Waals surface area contributed by atoms with E-state index < -0.39 is 0 Å². The molecule has 1 saturated heterocycles. The average Bonchev–Trinajstić information content (AvgIpc) is 3.13. The van der Waals surface area contributed by atoms with Gasteiger partial charge in [0.25, 0.3) is 0 Å². The maximum Gasteiger partial charge on any atom is 0.222 e. The van der Waals surface area contributed by atoms with Crippen molar-refractivity contribution in [1.82, 2.24) is 4.90 Å². The van der Waals surface area contributed by atoms with Crippen LogP contribution in [0.3, 0.4) is 0 Å². The van der Waals surface area contributed by atoms with Crippen LogP contribution in [0.2, 0.25) is 0 Å². The smallest absolute Gasteiger partial charge is 0.222 e. The predicted molar refractivity (Wildman–Crippen MR) is 111 cm³/mol. The molecule has 1 heterocycles. The number of rotatable bonds is 16. The number of carbonyl (C=O) groups excluding carboxylic acids is 1. The van der Waals surface area contributed by atoms with E-state index in [1.807, 2.05) is 4.90 Å². The average molecular weight is 366 g/mol. The number of aliphatic hydroxyl groups excluding tert-OH is 1. The van der Waals surface area contributed by atoms with E-state index in [0.29, 0.717) is 6.42 Å². The topological polar surface area (TPSA) is 40.5 Å². The fourth-order valence-electron chi connectivity index (χ4n) is 3.84. The van der Waals surface area contributed by atoms with E-state index in [9.17, 15) is 9.90 Å². The molecular formula is C23H43NO2. The zero-order valence-corrected chi connectivity index (χ0v) is 17.3. The molecule has 1 aliphatic rings. The highest BCUT2D eigenvalue weighted by atomic mass is 16.3. The van der Waals surface area contributed by atoms with Crippen LogP contribution in [0.1, 0.15) is 110 Å². The van der Waals surface area contributed by atoms with Crippen molar-refractivity contribution in [3.05, 3.63) is 12.2 Å². The summed E-state index contributed by atoms with van der Waals surface area (Å²) in [6.45, 7) is 3.23. The lowest BCUT2D eigenvalue weighted by Crippen LogP contribution is -2.37. The minimum Gasteiger partial charge on any atom is -0.394 e. The summed E-state index contributed by atoms with van der Waals surface area (Å²) in [7, 11) is 0. The number of likely N-dealkylation sites (tertiary alicyclic amines) is 1. The van der Waals surface area contributed by atoms with Crippen LogP contribution in [0.4, 0.5) is 0 Å². The summed E-state index contributed by atoms with van der Waals surface area (Å²) in [4.78, 5) is 14.1. The lowest BCUT2D eigenvalue weighted by Gasteiger charge is -2.22. The Morgan fingerprint density at radius 1 is 0.923 bits per heavy atom. The summed E-state index contributed by atoms with van der Waals surface area (Å²) < 4.78 is 0. The van der Waals surface area contributed by atoms with Gasteiger partial charge < -0.3 is 10.0 Å².